The standard InChI is InChI=1S/C14H13FN2O4/c1-16-7-10(13(19)17(2)14(16)20)12(18)9-5-4-8(21-3)6-11(9)15/h4-7H,1-3H3. The molecule has 0 bridgehead atoms. The maximum atomic E-state index is 13.9. The summed E-state index contributed by atoms with van der Waals surface area (Å²) in [6.45, 7) is 0. The Bertz CT molecular complexity index is 836. The van der Waals surface area contributed by atoms with Crippen LogP contribution in [0.15, 0.2) is 34.0 Å². The van der Waals surface area contributed by atoms with Crippen molar-refractivity contribution < 1.29 is 13.9 Å². The molecule has 110 valence electrons. The number of rotatable bonds is 3. The van der Waals surface area contributed by atoms with Gasteiger partial charge in [0.1, 0.15) is 17.1 Å². The summed E-state index contributed by atoms with van der Waals surface area (Å²) in [7, 11) is 4.04. The second-order valence-electron chi connectivity index (χ2n) is 4.48. The molecule has 0 fully saturated rings. The third kappa shape index (κ3) is 2.49. The summed E-state index contributed by atoms with van der Waals surface area (Å²) in [4.78, 5) is 35.8. The van der Waals surface area contributed by atoms with Gasteiger partial charge in [0.05, 0.1) is 12.7 Å². The number of ether oxygens (including phenoxy) is 1. The van der Waals surface area contributed by atoms with Crippen LogP contribution in [0.5, 0.6) is 5.75 Å². The molecule has 0 aliphatic rings. The first-order valence-electron chi connectivity index (χ1n) is 6.01. The number of carbonyl (C=O) groups excluding carboxylic acids is 1. The minimum atomic E-state index is -0.796. The minimum absolute atomic E-state index is 0.258. The second-order valence-corrected chi connectivity index (χ2v) is 4.48. The van der Waals surface area contributed by atoms with Gasteiger partial charge >= 0.3 is 5.69 Å². The molecular weight excluding hydrogens is 279 g/mol. The third-order valence-electron chi connectivity index (χ3n) is 3.11. The molecule has 0 spiro atoms. The first-order chi connectivity index (χ1) is 9.86. The molecule has 0 N–H and O–H groups in total. The van der Waals surface area contributed by atoms with Crippen LogP contribution in [0.2, 0.25) is 0 Å². The van der Waals surface area contributed by atoms with Gasteiger partial charge in [-0.15, -0.1) is 0 Å². The Balaban J connectivity index is 2.61. The second kappa shape index (κ2) is 5.35. The Morgan fingerprint density at radius 3 is 2.43 bits per heavy atom. The lowest BCUT2D eigenvalue weighted by Crippen LogP contribution is -2.39. The lowest BCUT2D eigenvalue weighted by Gasteiger charge is -2.07. The fourth-order valence-corrected chi connectivity index (χ4v) is 1.92. The summed E-state index contributed by atoms with van der Waals surface area (Å²) < 4.78 is 20.7. The van der Waals surface area contributed by atoms with Crippen LogP contribution in [-0.2, 0) is 14.1 Å². The van der Waals surface area contributed by atoms with Gasteiger partial charge < -0.3 is 9.30 Å². The van der Waals surface area contributed by atoms with E-state index in [0.29, 0.717) is 0 Å². The Hall–Kier alpha value is -2.70. The highest BCUT2D eigenvalue weighted by atomic mass is 19.1. The summed E-state index contributed by atoms with van der Waals surface area (Å²) in [5.74, 6) is -1.32. The molecule has 6 nitrogen and oxygen atoms in total. The van der Waals surface area contributed by atoms with Crippen molar-refractivity contribution in [3.05, 3.63) is 62.2 Å². The maximum absolute atomic E-state index is 13.9. The fourth-order valence-electron chi connectivity index (χ4n) is 1.92. The molecular formula is C14H13FN2O4. The summed E-state index contributed by atoms with van der Waals surface area (Å²) in [5, 5.41) is 0. The van der Waals surface area contributed by atoms with Crippen LogP contribution in [0.4, 0.5) is 4.39 Å². The van der Waals surface area contributed by atoms with Gasteiger partial charge in [-0.25, -0.2) is 9.18 Å². The summed E-state index contributed by atoms with van der Waals surface area (Å²) >= 11 is 0. The van der Waals surface area contributed by atoms with E-state index in [4.69, 9.17) is 4.74 Å². The average molecular weight is 292 g/mol. The fraction of sp³-hybridized carbons (Fsp3) is 0.214. The van der Waals surface area contributed by atoms with E-state index in [1.54, 1.807) is 0 Å². The number of hydrogen-bond acceptors (Lipinski definition) is 4. The number of halogens is 1. The summed E-state index contributed by atoms with van der Waals surface area (Å²) in [5.41, 5.74) is -1.86. The van der Waals surface area contributed by atoms with E-state index in [2.05, 4.69) is 0 Å². The zero-order valence-electron chi connectivity index (χ0n) is 11.7. The molecule has 0 unspecified atom stereocenters. The van der Waals surface area contributed by atoms with Crippen molar-refractivity contribution in [2.24, 2.45) is 14.1 Å². The van der Waals surface area contributed by atoms with Crippen molar-refractivity contribution in [3.63, 3.8) is 0 Å². The molecule has 0 amide bonds. The molecule has 21 heavy (non-hydrogen) atoms. The highest BCUT2D eigenvalue weighted by molar-refractivity contribution is 6.08. The van der Waals surface area contributed by atoms with Crippen LogP contribution < -0.4 is 16.0 Å². The Kier molecular flexibility index (Phi) is 3.75. The number of hydrogen-bond donors (Lipinski definition) is 0. The Morgan fingerprint density at radius 1 is 1.19 bits per heavy atom. The van der Waals surface area contributed by atoms with E-state index in [9.17, 15) is 18.8 Å². The van der Waals surface area contributed by atoms with Crippen LogP contribution in [0.1, 0.15) is 15.9 Å². The van der Waals surface area contributed by atoms with E-state index < -0.39 is 22.8 Å². The smallest absolute Gasteiger partial charge is 0.330 e. The lowest BCUT2D eigenvalue weighted by atomic mass is 10.0. The van der Waals surface area contributed by atoms with Gasteiger partial charge in [-0.3, -0.25) is 14.2 Å². The van der Waals surface area contributed by atoms with E-state index in [1.165, 1.54) is 33.3 Å². The first-order valence-corrected chi connectivity index (χ1v) is 6.01. The first kappa shape index (κ1) is 14.7. The van der Waals surface area contributed by atoms with Crippen molar-refractivity contribution in [1.29, 1.82) is 0 Å². The lowest BCUT2D eigenvalue weighted by molar-refractivity contribution is 0.103. The van der Waals surface area contributed by atoms with Gasteiger partial charge in [-0.05, 0) is 12.1 Å². The van der Waals surface area contributed by atoms with E-state index in [1.807, 2.05) is 0 Å². The van der Waals surface area contributed by atoms with Gasteiger partial charge in [0.25, 0.3) is 5.56 Å². The Morgan fingerprint density at radius 2 is 1.86 bits per heavy atom. The van der Waals surface area contributed by atoms with Gasteiger partial charge in [0.15, 0.2) is 0 Å². The largest absolute Gasteiger partial charge is 0.497 e. The van der Waals surface area contributed by atoms with Gasteiger partial charge in [0.2, 0.25) is 5.78 Å². The van der Waals surface area contributed by atoms with E-state index in [0.717, 1.165) is 21.4 Å². The van der Waals surface area contributed by atoms with E-state index >= 15 is 0 Å². The van der Waals surface area contributed by atoms with Crippen LogP contribution in [0, 0.1) is 5.82 Å². The molecule has 7 heteroatoms. The van der Waals surface area contributed by atoms with Gasteiger partial charge in [-0.1, -0.05) is 0 Å². The molecule has 1 heterocycles. The zero-order valence-corrected chi connectivity index (χ0v) is 11.7. The summed E-state index contributed by atoms with van der Waals surface area (Å²) in [6, 6.07) is 3.71. The molecule has 0 atom stereocenters. The number of nitrogens with zero attached hydrogens (tertiary/aromatic N) is 2. The molecule has 2 aromatic rings. The van der Waals surface area contributed by atoms with Gasteiger partial charge in [-0.2, -0.15) is 0 Å². The number of aryl methyl sites for hydroxylation is 1. The molecule has 0 radical (unpaired) electrons. The van der Waals surface area contributed by atoms with Crippen molar-refractivity contribution in [3.8, 4) is 5.75 Å². The Labute approximate surface area is 119 Å². The highest BCUT2D eigenvalue weighted by Crippen LogP contribution is 2.18. The predicted octanol–water partition coefficient (Wildman–Crippen LogP) is 0.463. The predicted molar refractivity (Wildman–Crippen MR) is 73.3 cm³/mol. The topological polar surface area (TPSA) is 70.3 Å². The minimum Gasteiger partial charge on any atom is -0.497 e. The third-order valence-corrected chi connectivity index (χ3v) is 3.11. The quantitative estimate of drug-likeness (QED) is 0.771. The SMILES string of the molecule is COc1ccc(C(=O)c2cn(C)c(=O)n(C)c2=O)c(F)c1. The maximum Gasteiger partial charge on any atom is 0.330 e. The molecule has 1 aromatic heterocycles. The van der Waals surface area contributed by atoms with Crippen molar-refractivity contribution in [1.82, 2.24) is 9.13 Å². The number of methoxy groups -OCH3 is 1. The van der Waals surface area contributed by atoms with Crippen LogP contribution in [0.25, 0.3) is 0 Å². The number of benzene rings is 1. The van der Waals surface area contributed by atoms with Crippen molar-refractivity contribution in [2.75, 3.05) is 7.11 Å². The average Bonchev–Trinajstić information content (AvgIpc) is 2.48. The normalized spacial score (nSPS) is 10.5. The molecule has 0 saturated heterocycles. The number of ketones is 1. The van der Waals surface area contributed by atoms with E-state index in [-0.39, 0.29) is 16.9 Å². The monoisotopic (exact) mass is 292 g/mol. The van der Waals surface area contributed by atoms with Crippen LogP contribution >= 0.6 is 0 Å². The zero-order chi connectivity index (χ0) is 15.7. The van der Waals surface area contributed by atoms with Crippen molar-refractivity contribution in [2.45, 2.75) is 0 Å². The molecule has 0 saturated carbocycles. The van der Waals surface area contributed by atoms with Crippen molar-refractivity contribution >= 4 is 5.78 Å². The number of aromatic nitrogens is 2. The highest BCUT2D eigenvalue weighted by Gasteiger charge is 2.20. The number of carbonyl (C=O) groups is 1. The van der Waals surface area contributed by atoms with Gasteiger partial charge in [0, 0.05) is 26.4 Å². The molecule has 0 aliphatic heterocycles. The molecule has 1 aromatic carbocycles. The van der Waals surface area contributed by atoms with Crippen LogP contribution in [0.3, 0.4) is 0 Å². The molecule has 0 aliphatic carbocycles. The molecule has 2 rings (SSSR count). The summed E-state index contributed by atoms with van der Waals surface area (Å²) in [6.07, 6.45) is 1.11. The van der Waals surface area contributed by atoms with Crippen LogP contribution in [-0.4, -0.2) is 22.0 Å².